The molecule has 1 rings (SSSR count). The summed E-state index contributed by atoms with van der Waals surface area (Å²) in [5.74, 6) is -1.93. The topological polar surface area (TPSA) is 78.7 Å². The number of methoxy groups -OCH3 is 1. The lowest BCUT2D eigenvalue weighted by Crippen LogP contribution is -2.13. The van der Waals surface area contributed by atoms with Gasteiger partial charge in [0.1, 0.15) is 5.75 Å². The van der Waals surface area contributed by atoms with Crippen LogP contribution in [0.5, 0.6) is 5.75 Å². The highest BCUT2D eigenvalue weighted by Gasteiger charge is 2.19. The number of halogens is 2. The number of nitrogens with zero attached hydrogens (tertiary/aromatic N) is 1. The van der Waals surface area contributed by atoms with Gasteiger partial charge in [0.05, 0.1) is 23.1 Å². The number of hydrogen-bond donors (Lipinski definition) is 0. The molecular formula is C9H7ClFNO5. The highest BCUT2D eigenvalue weighted by Crippen LogP contribution is 2.31. The normalized spacial score (nSPS) is 9.82. The van der Waals surface area contributed by atoms with Gasteiger partial charge < -0.3 is 9.47 Å². The van der Waals surface area contributed by atoms with Crippen LogP contribution in [0.15, 0.2) is 12.1 Å². The Morgan fingerprint density at radius 2 is 2.24 bits per heavy atom. The molecule has 0 spiro atoms. The van der Waals surface area contributed by atoms with Gasteiger partial charge in [-0.05, 0) is 0 Å². The zero-order valence-electron chi connectivity index (χ0n) is 8.61. The van der Waals surface area contributed by atoms with Crippen molar-refractivity contribution in [2.75, 3.05) is 13.7 Å². The average Bonchev–Trinajstić information content (AvgIpc) is 2.26. The van der Waals surface area contributed by atoms with E-state index < -0.39 is 29.0 Å². The van der Waals surface area contributed by atoms with Gasteiger partial charge in [0.25, 0.3) is 0 Å². The molecule has 0 aliphatic carbocycles. The van der Waals surface area contributed by atoms with Crippen LogP contribution in [0.2, 0.25) is 5.02 Å². The summed E-state index contributed by atoms with van der Waals surface area (Å²) in [4.78, 5) is 20.3. The Hall–Kier alpha value is -1.89. The molecule has 0 N–H and O–H groups in total. The zero-order valence-corrected chi connectivity index (χ0v) is 9.36. The Morgan fingerprint density at radius 1 is 1.59 bits per heavy atom. The van der Waals surface area contributed by atoms with Crippen LogP contribution in [-0.4, -0.2) is 24.6 Å². The van der Waals surface area contributed by atoms with Gasteiger partial charge in [-0.3, -0.25) is 10.1 Å². The van der Waals surface area contributed by atoms with E-state index >= 15 is 0 Å². The number of esters is 1. The van der Waals surface area contributed by atoms with Crippen LogP contribution in [-0.2, 0) is 9.53 Å². The summed E-state index contributed by atoms with van der Waals surface area (Å²) in [6.07, 6.45) is 0. The van der Waals surface area contributed by atoms with E-state index in [1.807, 2.05) is 0 Å². The monoisotopic (exact) mass is 263 g/mol. The van der Waals surface area contributed by atoms with E-state index in [4.69, 9.17) is 16.3 Å². The summed E-state index contributed by atoms with van der Waals surface area (Å²) < 4.78 is 22.2. The molecule has 1 aromatic rings. The molecule has 1 aromatic carbocycles. The minimum atomic E-state index is -1.08. The Morgan fingerprint density at radius 3 is 2.76 bits per heavy atom. The van der Waals surface area contributed by atoms with Gasteiger partial charge >= 0.3 is 11.7 Å². The van der Waals surface area contributed by atoms with Gasteiger partial charge in [-0.15, -0.1) is 0 Å². The Bertz CT molecular complexity index is 465. The van der Waals surface area contributed by atoms with E-state index in [0.717, 1.165) is 19.2 Å². The van der Waals surface area contributed by atoms with Gasteiger partial charge in [-0.2, -0.15) is 4.39 Å². The first-order valence-corrected chi connectivity index (χ1v) is 4.66. The first-order valence-electron chi connectivity index (χ1n) is 4.28. The number of carbonyl (C=O) groups is 1. The van der Waals surface area contributed by atoms with Gasteiger partial charge in [0.15, 0.2) is 6.61 Å². The summed E-state index contributed by atoms with van der Waals surface area (Å²) in [5, 5.41) is 10.3. The fourth-order valence-electron chi connectivity index (χ4n) is 0.965. The van der Waals surface area contributed by atoms with Gasteiger partial charge in [0.2, 0.25) is 5.82 Å². The maximum atomic E-state index is 13.1. The summed E-state index contributed by atoms with van der Waals surface area (Å²) in [5.41, 5.74) is -0.783. The maximum absolute atomic E-state index is 13.1. The smallest absolute Gasteiger partial charge is 0.343 e. The van der Waals surface area contributed by atoms with Crippen LogP contribution >= 0.6 is 11.6 Å². The molecule has 0 fully saturated rings. The molecule has 0 amide bonds. The van der Waals surface area contributed by atoms with E-state index in [2.05, 4.69) is 4.74 Å². The van der Waals surface area contributed by atoms with Crippen LogP contribution < -0.4 is 4.74 Å². The highest BCUT2D eigenvalue weighted by molar-refractivity contribution is 6.32. The van der Waals surface area contributed by atoms with Crippen molar-refractivity contribution in [3.8, 4) is 5.75 Å². The second kappa shape index (κ2) is 5.44. The molecule has 0 bridgehead atoms. The highest BCUT2D eigenvalue weighted by atomic mass is 35.5. The van der Waals surface area contributed by atoms with E-state index in [9.17, 15) is 19.3 Å². The summed E-state index contributed by atoms with van der Waals surface area (Å²) in [6, 6.07) is 1.55. The first-order chi connectivity index (χ1) is 7.95. The van der Waals surface area contributed by atoms with Crippen molar-refractivity contribution in [3.05, 3.63) is 33.1 Å². The predicted octanol–water partition coefficient (Wildman–Crippen LogP) is 1.94. The quantitative estimate of drug-likeness (QED) is 0.471. The third-order valence-corrected chi connectivity index (χ3v) is 2.07. The number of rotatable bonds is 4. The molecule has 0 heterocycles. The molecule has 0 atom stereocenters. The second-order valence-electron chi connectivity index (χ2n) is 2.86. The second-order valence-corrected chi connectivity index (χ2v) is 3.26. The molecule has 17 heavy (non-hydrogen) atoms. The number of benzene rings is 1. The lowest BCUT2D eigenvalue weighted by atomic mass is 10.3. The van der Waals surface area contributed by atoms with Crippen LogP contribution in [0.4, 0.5) is 10.1 Å². The van der Waals surface area contributed by atoms with Crippen LogP contribution in [0.1, 0.15) is 0 Å². The Kier molecular flexibility index (Phi) is 4.22. The van der Waals surface area contributed by atoms with E-state index in [1.54, 1.807) is 0 Å². The Balaban J connectivity index is 2.96. The van der Waals surface area contributed by atoms with Crippen molar-refractivity contribution in [1.29, 1.82) is 0 Å². The minimum absolute atomic E-state index is 0.162. The average molecular weight is 264 g/mol. The molecule has 0 saturated heterocycles. The van der Waals surface area contributed by atoms with Gasteiger partial charge in [-0.1, -0.05) is 11.6 Å². The molecule has 6 nitrogen and oxygen atoms in total. The summed E-state index contributed by atoms with van der Waals surface area (Å²) >= 11 is 5.59. The molecule has 8 heteroatoms. The Labute approximate surface area is 100 Å². The van der Waals surface area contributed by atoms with E-state index in [1.165, 1.54) is 0 Å². The largest absolute Gasteiger partial charge is 0.480 e. The molecule has 92 valence electrons. The standard InChI is InChI=1S/C9H7ClFNO5/c1-16-9(13)4-17-8-3-7(12(14)15)6(11)2-5(8)10/h2-3H,4H2,1H3. The number of nitro benzene ring substituents is 1. The van der Waals surface area contributed by atoms with Crippen molar-refractivity contribution < 1.29 is 23.6 Å². The molecule has 0 aliphatic rings. The number of ether oxygens (including phenoxy) is 2. The van der Waals surface area contributed by atoms with Crippen molar-refractivity contribution in [2.45, 2.75) is 0 Å². The fourth-order valence-corrected chi connectivity index (χ4v) is 1.17. The van der Waals surface area contributed by atoms with Crippen LogP contribution in [0.3, 0.4) is 0 Å². The lowest BCUT2D eigenvalue weighted by molar-refractivity contribution is -0.387. The third kappa shape index (κ3) is 3.28. The minimum Gasteiger partial charge on any atom is -0.480 e. The number of hydrogen-bond acceptors (Lipinski definition) is 5. The van der Waals surface area contributed by atoms with Crippen molar-refractivity contribution in [3.63, 3.8) is 0 Å². The third-order valence-electron chi connectivity index (χ3n) is 1.77. The number of nitro groups is 1. The summed E-state index contributed by atoms with van der Waals surface area (Å²) in [6.45, 7) is -0.473. The summed E-state index contributed by atoms with van der Waals surface area (Å²) in [7, 11) is 1.15. The molecule has 0 aromatic heterocycles. The van der Waals surface area contributed by atoms with Crippen LogP contribution in [0.25, 0.3) is 0 Å². The van der Waals surface area contributed by atoms with Crippen molar-refractivity contribution >= 4 is 23.3 Å². The fraction of sp³-hybridized carbons (Fsp3) is 0.222. The van der Waals surface area contributed by atoms with Gasteiger partial charge in [0, 0.05) is 6.07 Å². The van der Waals surface area contributed by atoms with E-state index in [-0.39, 0.29) is 10.8 Å². The first kappa shape index (κ1) is 13.2. The van der Waals surface area contributed by atoms with Crippen molar-refractivity contribution in [1.82, 2.24) is 0 Å². The lowest BCUT2D eigenvalue weighted by Gasteiger charge is -2.06. The zero-order chi connectivity index (χ0) is 13.0. The van der Waals surface area contributed by atoms with Crippen LogP contribution in [0, 0.1) is 15.9 Å². The number of carbonyl (C=O) groups excluding carboxylic acids is 1. The molecule has 0 aliphatic heterocycles. The molecule has 0 unspecified atom stereocenters. The van der Waals surface area contributed by atoms with E-state index in [0.29, 0.717) is 0 Å². The SMILES string of the molecule is COC(=O)COc1cc([N+](=O)[O-])c(F)cc1Cl. The van der Waals surface area contributed by atoms with Crippen molar-refractivity contribution in [2.24, 2.45) is 0 Å². The predicted molar refractivity (Wildman–Crippen MR) is 55.6 cm³/mol. The molecule has 0 radical (unpaired) electrons. The molecular weight excluding hydrogens is 257 g/mol. The maximum Gasteiger partial charge on any atom is 0.343 e. The molecule has 0 saturated carbocycles. The van der Waals surface area contributed by atoms with Gasteiger partial charge in [-0.25, -0.2) is 4.79 Å².